The minimum Gasteiger partial charge on any atom is -0.370 e. The lowest BCUT2D eigenvalue weighted by molar-refractivity contribution is 0.425. The van der Waals surface area contributed by atoms with E-state index < -0.39 is 0 Å². The Labute approximate surface area is 164 Å². The molecule has 7 nitrogen and oxygen atoms in total. The van der Waals surface area contributed by atoms with E-state index in [4.69, 9.17) is 0 Å². The summed E-state index contributed by atoms with van der Waals surface area (Å²) in [4.78, 5) is 15.5. The molecule has 2 fully saturated rings. The Balaban J connectivity index is 1.15. The van der Waals surface area contributed by atoms with E-state index in [1.54, 1.807) is 12.4 Å². The molecule has 3 aromatic rings. The summed E-state index contributed by atoms with van der Waals surface area (Å²) in [5.41, 5.74) is 2.94. The van der Waals surface area contributed by atoms with E-state index in [9.17, 15) is 0 Å². The quantitative estimate of drug-likeness (QED) is 0.711. The van der Waals surface area contributed by atoms with Gasteiger partial charge in [-0.05, 0) is 44.0 Å². The second-order valence-corrected chi connectivity index (χ2v) is 7.69. The molecule has 7 heteroatoms. The number of hydrogen-bond acceptors (Lipinski definition) is 7. The van der Waals surface area contributed by atoms with Gasteiger partial charge in [0.25, 0.3) is 0 Å². The molecule has 5 rings (SSSR count). The van der Waals surface area contributed by atoms with Crippen LogP contribution in [-0.2, 0) is 0 Å². The van der Waals surface area contributed by atoms with E-state index in [0.29, 0.717) is 11.8 Å². The number of nitrogens with zero attached hydrogens (tertiary/aromatic N) is 6. The van der Waals surface area contributed by atoms with Crippen molar-refractivity contribution in [1.82, 2.24) is 25.1 Å². The van der Waals surface area contributed by atoms with Crippen LogP contribution >= 0.6 is 0 Å². The molecular formula is C21H23N7. The number of hydrogen-bond donors (Lipinski definition) is 1. The van der Waals surface area contributed by atoms with Crippen molar-refractivity contribution in [3.63, 3.8) is 0 Å². The SMILES string of the molecule is Cc1cc(NCC2CN(c3ccc(-c4ccncc4)nn3)C2)nc(C2CC2)n1. The summed E-state index contributed by atoms with van der Waals surface area (Å²) in [6, 6.07) is 9.98. The van der Waals surface area contributed by atoms with Crippen LogP contribution in [0.15, 0.2) is 42.7 Å². The van der Waals surface area contributed by atoms with E-state index in [1.165, 1.54) is 12.8 Å². The Morgan fingerprint density at radius 3 is 2.57 bits per heavy atom. The maximum Gasteiger partial charge on any atom is 0.151 e. The van der Waals surface area contributed by atoms with Gasteiger partial charge in [-0.1, -0.05) is 0 Å². The molecule has 1 aliphatic carbocycles. The second-order valence-electron chi connectivity index (χ2n) is 7.69. The lowest BCUT2D eigenvalue weighted by Gasteiger charge is -2.40. The molecule has 0 aromatic carbocycles. The highest BCUT2D eigenvalue weighted by Crippen LogP contribution is 2.38. The van der Waals surface area contributed by atoms with Crippen LogP contribution in [-0.4, -0.2) is 44.8 Å². The first-order chi connectivity index (χ1) is 13.7. The first-order valence-corrected chi connectivity index (χ1v) is 9.83. The van der Waals surface area contributed by atoms with E-state index in [-0.39, 0.29) is 0 Å². The molecule has 0 radical (unpaired) electrons. The van der Waals surface area contributed by atoms with Gasteiger partial charge in [0.05, 0.1) is 5.69 Å². The largest absolute Gasteiger partial charge is 0.370 e. The van der Waals surface area contributed by atoms with Gasteiger partial charge in [0.1, 0.15) is 11.6 Å². The Morgan fingerprint density at radius 1 is 1.04 bits per heavy atom. The third-order valence-corrected chi connectivity index (χ3v) is 5.29. The van der Waals surface area contributed by atoms with E-state index in [2.05, 4.69) is 35.4 Å². The topological polar surface area (TPSA) is 79.7 Å². The third kappa shape index (κ3) is 3.65. The van der Waals surface area contributed by atoms with Crippen molar-refractivity contribution < 1.29 is 0 Å². The van der Waals surface area contributed by atoms with Gasteiger partial charge >= 0.3 is 0 Å². The molecular weight excluding hydrogens is 350 g/mol. The van der Waals surface area contributed by atoms with Crippen LogP contribution in [0, 0.1) is 12.8 Å². The number of rotatable bonds is 6. The average molecular weight is 373 g/mol. The fraction of sp³-hybridized carbons (Fsp3) is 0.381. The van der Waals surface area contributed by atoms with Gasteiger partial charge in [-0.25, -0.2) is 9.97 Å². The molecule has 4 heterocycles. The van der Waals surface area contributed by atoms with Gasteiger partial charge < -0.3 is 10.2 Å². The smallest absolute Gasteiger partial charge is 0.151 e. The van der Waals surface area contributed by atoms with E-state index in [1.807, 2.05) is 37.3 Å². The fourth-order valence-electron chi connectivity index (χ4n) is 3.51. The lowest BCUT2D eigenvalue weighted by Crippen LogP contribution is -2.50. The second kappa shape index (κ2) is 7.14. The minimum atomic E-state index is 0.577. The standard InChI is InChI=1S/C21H23N7/c1-14-10-19(25-21(24-14)17-2-3-17)23-11-15-12-28(13-15)20-5-4-18(26-27-20)16-6-8-22-9-7-16/h4-10,15,17H,2-3,11-13H2,1H3,(H,23,24,25). The van der Waals surface area contributed by atoms with Crippen molar-refractivity contribution in [2.75, 3.05) is 29.9 Å². The van der Waals surface area contributed by atoms with Crippen LogP contribution < -0.4 is 10.2 Å². The molecule has 3 aromatic heterocycles. The summed E-state index contributed by atoms with van der Waals surface area (Å²) in [7, 11) is 0. The Hall–Kier alpha value is -3.09. The first kappa shape index (κ1) is 17.0. The van der Waals surface area contributed by atoms with Crippen LogP contribution in [0.5, 0.6) is 0 Å². The van der Waals surface area contributed by atoms with Crippen molar-refractivity contribution in [1.29, 1.82) is 0 Å². The molecule has 0 atom stereocenters. The lowest BCUT2D eigenvalue weighted by atomic mass is 10.0. The maximum atomic E-state index is 4.68. The Bertz CT molecular complexity index is 948. The maximum absolute atomic E-state index is 4.68. The number of pyridine rings is 1. The predicted octanol–water partition coefficient (Wildman–Crippen LogP) is 3.06. The van der Waals surface area contributed by atoms with Crippen molar-refractivity contribution in [2.24, 2.45) is 5.92 Å². The van der Waals surface area contributed by atoms with Gasteiger partial charge in [0, 0.05) is 61.2 Å². The van der Waals surface area contributed by atoms with E-state index in [0.717, 1.165) is 54.0 Å². The Kier molecular flexibility index (Phi) is 4.35. The number of anilines is 2. The highest BCUT2D eigenvalue weighted by molar-refractivity contribution is 5.59. The zero-order chi connectivity index (χ0) is 18.9. The highest BCUT2D eigenvalue weighted by Gasteiger charge is 2.29. The summed E-state index contributed by atoms with van der Waals surface area (Å²) in [6.45, 7) is 4.92. The number of aromatic nitrogens is 5. The fourth-order valence-corrected chi connectivity index (χ4v) is 3.51. The van der Waals surface area contributed by atoms with Gasteiger partial charge in [-0.3, -0.25) is 4.98 Å². The van der Waals surface area contributed by atoms with Gasteiger partial charge in [0.2, 0.25) is 0 Å². The zero-order valence-corrected chi connectivity index (χ0v) is 15.9. The summed E-state index contributed by atoms with van der Waals surface area (Å²) < 4.78 is 0. The molecule has 1 N–H and O–H groups in total. The minimum absolute atomic E-state index is 0.577. The first-order valence-electron chi connectivity index (χ1n) is 9.83. The van der Waals surface area contributed by atoms with Crippen molar-refractivity contribution in [2.45, 2.75) is 25.7 Å². The van der Waals surface area contributed by atoms with Crippen LogP contribution in [0.2, 0.25) is 0 Å². The number of nitrogens with one attached hydrogen (secondary N) is 1. The molecule has 1 saturated heterocycles. The number of aryl methyl sites for hydroxylation is 1. The van der Waals surface area contributed by atoms with Crippen LogP contribution in [0.25, 0.3) is 11.3 Å². The predicted molar refractivity (Wildman–Crippen MR) is 108 cm³/mol. The molecule has 2 aliphatic rings. The van der Waals surface area contributed by atoms with Crippen LogP contribution in [0.4, 0.5) is 11.6 Å². The molecule has 28 heavy (non-hydrogen) atoms. The Morgan fingerprint density at radius 2 is 1.86 bits per heavy atom. The highest BCUT2D eigenvalue weighted by atomic mass is 15.3. The summed E-state index contributed by atoms with van der Waals surface area (Å²) in [6.07, 6.45) is 5.98. The van der Waals surface area contributed by atoms with Crippen molar-refractivity contribution in [3.05, 3.63) is 54.2 Å². The summed E-state index contributed by atoms with van der Waals surface area (Å²) in [5.74, 6) is 4.05. The molecule has 142 valence electrons. The normalized spacial score (nSPS) is 16.7. The summed E-state index contributed by atoms with van der Waals surface area (Å²) in [5, 5.41) is 12.2. The van der Waals surface area contributed by atoms with Crippen molar-refractivity contribution in [3.8, 4) is 11.3 Å². The average Bonchev–Trinajstić information content (AvgIpc) is 3.53. The molecule has 0 bridgehead atoms. The monoisotopic (exact) mass is 373 g/mol. The van der Waals surface area contributed by atoms with Gasteiger partial charge in [-0.15, -0.1) is 10.2 Å². The summed E-state index contributed by atoms with van der Waals surface area (Å²) >= 11 is 0. The zero-order valence-electron chi connectivity index (χ0n) is 15.9. The van der Waals surface area contributed by atoms with Crippen LogP contribution in [0.3, 0.4) is 0 Å². The molecule has 1 aliphatic heterocycles. The van der Waals surface area contributed by atoms with Crippen LogP contribution in [0.1, 0.15) is 30.3 Å². The van der Waals surface area contributed by atoms with Gasteiger partial charge in [0.15, 0.2) is 5.82 Å². The third-order valence-electron chi connectivity index (χ3n) is 5.29. The molecule has 0 unspecified atom stereocenters. The molecule has 0 spiro atoms. The molecule has 1 saturated carbocycles. The van der Waals surface area contributed by atoms with Crippen molar-refractivity contribution >= 4 is 11.6 Å². The van der Waals surface area contributed by atoms with Gasteiger partial charge in [-0.2, -0.15) is 0 Å². The molecule has 0 amide bonds. The van der Waals surface area contributed by atoms with E-state index >= 15 is 0 Å².